The van der Waals surface area contributed by atoms with Crippen molar-refractivity contribution in [3.63, 3.8) is 0 Å². The van der Waals surface area contributed by atoms with Crippen LogP contribution in [0.5, 0.6) is 0 Å². The molecule has 112 valence electrons. The smallest absolute Gasteiger partial charge is 0.303 e. The molecule has 1 aromatic rings. The summed E-state index contributed by atoms with van der Waals surface area (Å²) in [6.45, 7) is 0.615. The van der Waals surface area contributed by atoms with Crippen molar-refractivity contribution in [2.24, 2.45) is 0 Å². The molecule has 0 aliphatic rings. The molecule has 0 bridgehead atoms. The predicted octanol–water partition coefficient (Wildman–Crippen LogP) is 3.40. The van der Waals surface area contributed by atoms with Gasteiger partial charge in [0, 0.05) is 23.6 Å². The normalized spacial score (nSPS) is 10.4. The van der Waals surface area contributed by atoms with Crippen LogP contribution in [0.3, 0.4) is 0 Å². The number of rotatable bonds is 10. The number of amides is 1. The summed E-state index contributed by atoms with van der Waals surface area (Å²) in [5, 5.41) is 11.3. The van der Waals surface area contributed by atoms with Crippen molar-refractivity contribution >= 4 is 46.6 Å². The summed E-state index contributed by atoms with van der Waals surface area (Å²) in [5.74, 6) is 0.489. The summed E-state index contributed by atoms with van der Waals surface area (Å²) in [6, 6.07) is 3.83. The summed E-state index contributed by atoms with van der Waals surface area (Å²) in [4.78, 5) is 23.0. The molecule has 0 aliphatic carbocycles. The van der Waals surface area contributed by atoms with Crippen LogP contribution >= 0.6 is 34.7 Å². The Hall–Kier alpha value is -0.720. The van der Waals surface area contributed by atoms with Crippen LogP contribution in [0, 0.1) is 0 Å². The van der Waals surface area contributed by atoms with Gasteiger partial charge in [0.2, 0.25) is 5.91 Å². The molecule has 0 fully saturated rings. The number of thioether (sulfide) groups is 1. The van der Waals surface area contributed by atoms with Gasteiger partial charge in [0.05, 0.1) is 10.1 Å². The average molecular weight is 336 g/mol. The zero-order valence-corrected chi connectivity index (χ0v) is 13.5. The maximum Gasteiger partial charge on any atom is 0.303 e. The van der Waals surface area contributed by atoms with Crippen molar-refractivity contribution in [3.05, 3.63) is 21.3 Å². The van der Waals surface area contributed by atoms with Crippen LogP contribution in [0.1, 0.15) is 30.6 Å². The molecule has 1 rings (SSSR count). The lowest BCUT2D eigenvalue weighted by Gasteiger charge is -2.04. The highest BCUT2D eigenvalue weighted by atomic mass is 35.5. The van der Waals surface area contributed by atoms with Crippen molar-refractivity contribution in [2.45, 2.75) is 31.4 Å². The van der Waals surface area contributed by atoms with Gasteiger partial charge in [-0.15, -0.1) is 23.1 Å². The monoisotopic (exact) mass is 335 g/mol. The van der Waals surface area contributed by atoms with E-state index in [1.54, 1.807) is 11.8 Å². The van der Waals surface area contributed by atoms with Crippen molar-refractivity contribution < 1.29 is 14.7 Å². The molecular weight excluding hydrogens is 318 g/mol. The highest BCUT2D eigenvalue weighted by Crippen LogP contribution is 2.24. The molecule has 1 heterocycles. The largest absolute Gasteiger partial charge is 0.481 e. The van der Waals surface area contributed by atoms with Crippen LogP contribution in [-0.4, -0.2) is 29.3 Å². The second-order valence-corrected chi connectivity index (χ2v) is 7.04. The lowest BCUT2D eigenvalue weighted by Crippen LogP contribution is -2.26. The van der Waals surface area contributed by atoms with E-state index < -0.39 is 5.97 Å². The number of unbranched alkanes of at least 4 members (excludes halogenated alkanes) is 2. The molecule has 0 spiro atoms. The minimum absolute atomic E-state index is 0.0240. The molecule has 1 aromatic heterocycles. The van der Waals surface area contributed by atoms with Crippen LogP contribution in [0.15, 0.2) is 12.1 Å². The molecule has 0 saturated carbocycles. The number of carboxylic acids is 1. The second-order valence-electron chi connectivity index (χ2n) is 4.25. The highest BCUT2D eigenvalue weighted by Gasteiger charge is 2.03. The molecule has 4 nitrogen and oxygen atoms in total. The van der Waals surface area contributed by atoms with E-state index in [2.05, 4.69) is 5.32 Å². The molecule has 0 saturated heterocycles. The van der Waals surface area contributed by atoms with Crippen LogP contribution in [-0.2, 0) is 15.3 Å². The summed E-state index contributed by atoms with van der Waals surface area (Å²) >= 11 is 8.92. The quantitative estimate of drug-likeness (QED) is 0.643. The zero-order valence-electron chi connectivity index (χ0n) is 11.1. The van der Waals surface area contributed by atoms with Crippen LogP contribution in [0.2, 0.25) is 4.34 Å². The van der Waals surface area contributed by atoms with E-state index >= 15 is 0 Å². The third-order valence-corrected chi connectivity index (χ3v) is 4.89. The molecule has 2 N–H and O–H groups in total. The van der Waals surface area contributed by atoms with Gasteiger partial charge in [-0.05, 0) is 25.0 Å². The molecule has 0 aliphatic heterocycles. The van der Waals surface area contributed by atoms with Crippen LogP contribution < -0.4 is 5.32 Å². The van der Waals surface area contributed by atoms with Gasteiger partial charge in [-0.25, -0.2) is 0 Å². The molecule has 0 atom stereocenters. The second kappa shape index (κ2) is 10.1. The number of aliphatic carboxylic acids is 1. The first kappa shape index (κ1) is 17.3. The minimum atomic E-state index is -0.765. The van der Waals surface area contributed by atoms with Gasteiger partial charge < -0.3 is 10.4 Å². The fraction of sp³-hybridized carbons (Fsp3) is 0.538. The number of halogens is 1. The molecular formula is C13H18ClNO3S2. The zero-order chi connectivity index (χ0) is 14.8. The van der Waals surface area contributed by atoms with Crippen molar-refractivity contribution in [1.29, 1.82) is 0 Å². The Morgan fingerprint density at radius 1 is 1.30 bits per heavy atom. The maximum absolute atomic E-state index is 11.5. The van der Waals surface area contributed by atoms with Gasteiger partial charge in [0.1, 0.15) is 0 Å². The summed E-state index contributed by atoms with van der Waals surface area (Å²) < 4.78 is 0.770. The molecule has 1 amide bonds. The van der Waals surface area contributed by atoms with Crippen molar-refractivity contribution in [2.75, 3.05) is 12.3 Å². The number of thiophene rings is 1. The first-order valence-corrected chi connectivity index (χ1v) is 8.73. The fourth-order valence-electron chi connectivity index (χ4n) is 1.53. The maximum atomic E-state index is 11.5. The van der Waals surface area contributed by atoms with E-state index in [-0.39, 0.29) is 12.3 Å². The number of carbonyl (C=O) groups is 2. The van der Waals surface area contributed by atoms with Gasteiger partial charge >= 0.3 is 5.97 Å². The third-order valence-electron chi connectivity index (χ3n) is 2.50. The molecule has 20 heavy (non-hydrogen) atoms. The Kier molecular flexibility index (Phi) is 8.73. The van der Waals surface area contributed by atoms with E-state index in [0.29, 0.717) is 18.7 Å². The number of hydrogen-bond donors (Lipinski definition) is 2. The Bertz CT molecular complexity index is 437. The van der Waals surface area contributed by atoms with E-state index in [1.807, 2.05) is 12.1 Å². The Morgan fingerprint density at radius 2 is 2.10 bits per heavy atom. The number of carboxylic acid groups (broad SMARTS) is 1. The summed E-state index contributed by atoms with van der Waals surface area (Å²) in [7, 11) is 0. The molecule has 7 heteroatoms. The van der Waals surface area contributed by atoms with Crippen LogP contribution in [0.4, 0.5) is 0 Å². The van der Waals surface area contributed by atoms with Gasteiger partial charge in [-0.3, -0.25) is 9.59 Å². The molecule has 0 aromatic carbocycles. The SMILES string of the molecule is O=C(O)CCCCCNC(=O)CSCc1ccc(Cl)s1. The summed E-state index contributed by atoms with van der Waals surface area (Å²) in [6.07, 6.45) is 2.52. The molecule has 0 radical (unpaired) electrons. The van der Waals surface area contributed by atoms with Gasteiger partial charge in [-0.1, -0.05) is 18.0 Å². The van der Waals surface area contributed by atoms with Gasteiger partial charge in [-0.2, -0.15) is 0 Å². The van der Waals surface area contributed by atoms with Crippen molar-refractivity contribution in [3.8, 4) is 0 Å². The van der Waals surface area contributed by atoms with E-state index in [1.165, 1.54) is 16.2 Å². The van der Waals surface area contributed by atoms with Crippen molar-refractivity contribution in [1.82, 2.24) is 5.32 Å². The Labute approximate surface area is 131 Å². The third kappa shape index (κ3) is 8.45. The fourth-order valence-corrected chi connectivity index (χ4v) is 3.59. The number of nitrogens with one attached hydrogen (secondary N) is 1. The lowest BCUT2D eigenvalue weighted by molar-refractivity contribution is -0.137. The van der Waals surface area contributed by atoms with Gasteiger partial charge in [0.15, 0.2) is 0 Å². The minimum Gasteiger partial charge on any atom is -0.481 e. The number of carbonyl (C=O) groups excluding carboxylic acids is 1. The Morgan fingerprint density at radius 3 is 2.75 bits per heavy atom. The van der Waals surface area contributed by atoms with Crippen LogP contribution in [0.25, 0.3) is 0 Å². The van der Waals surface area contributed by atoms with E-state index in [9.17, 15) is 9.59 Å². The lowest BCUT2D eigenvalue weighted by atomic mass is 10.2. The van der Waals surface area contributed by atoms with E-state index in [0.717, 1.165) is 22.9 Å². The predicted molar refractivity (Wildman–Crippen MR) is 84.6 cm³/mol. The number of hydrogen-bond acceptors (Lipinski definition) is 4. The first-order chi connectivity index (χ1) is 9.58. The Balaban J connectivity index is 1.96. The molecule has 0 unspecified atom stereocenters. The highest BCUT2D eigenvalue weighted by molar-refractivity contribution is 7.99. The average Bonchev–Trinajstić information content (AvgIpc) is 2.79. The summed E-state index contributed by atoms with van der Waals surface area (Å²) in [5.41, 5.74) is 0. The van der Waals surface area contributed by atoms with Gasteiger partial charge in [0.25, 0.3) is 0 Å². The standard InChI is InChI=1S/C13H18ClNO3S2/c14-11-6-5-10(20-11)8-19-9-12(16)15-7-3-1-2-4-13(17)18/h5-6H,1-4,7-9H2,(H,15,16)(H,17,18). The van der Waals surface area contributed by atoms with E-state index in [4.69, 9.17) is 16.7 Å². The first-order valence-electron chi connectivity index (χ1n) is 6.38. The topological polar surface area (TPSA) is 66.4 Å².